The lowest BCUT2D eigenvalue weighted by Gasteiger charge is -2.17. The Morgan fingerprint density at radius 2 is 1.70 bits per heavy atom. The van der Waals surface area contributed by atoms with Crippen LogP contribution < -0.4 is 9.80 Å². The number of carbonyl (C=O) groups is 3. The monoisotopic (exact) mass is 312 g/mol. The highest BCUT2D eigenvalue weighted by atomic mass is 16.4. The number of phenolic OH excluding ortho intramolecular Hbond substituents is 1. The Bertz CT molecular complexity index is 818. The minimum atomic E-state index is -1.12. The number of carboxylic acid groups (broad SMARTS) is 1. The zero-order valence-electron chi connectivity index (χ0n) is 11.8. The van der Waals surface area contributed by atoms with E-state index in [1.807, 2.05) is 0 Å². The van der Waals surface area contributed by atoms with Crippen LogP contribution in [0, 0.1) is 0 Å². The van der Waals surface area contributed by atoms with Gasteiger partial charge >= 0.3 is 12.0 Å². The molecule has 1 aliphatic heterocycles. The van der Waals surface area contributed by atoms with E-state index in [4.69, 9.17) is 5.11 Å². The van der Waals surface area contributed by atoms with Crippen molar-refractivity contribution in [3.8, 4) is 5.75 Å². The normalized spacial score (nSPS) is 14.4. The molecule has 0 aromatic heterocycles. The molecule has 0 spiro atoms. The van der Waals surface area contributed by atoms with Gasteiger partial charge in [0.25, 0.3) is 5.91 Å². The summed E-state index contributed by atoms with van der Waals surface area (Å²) in [5.74, 6) is -1.63. The number of imide groups is 1. The molecule has 1 heterocycles. The largest absolute Gasteiger partial charge is 0.508 e. The van der Waals surface area contributed by atoms with Gasteiger partial charge in [-0.3, -0.25) is 9.69 Å². The van der Waals surface area contributed by atoms with E-state index in [0.717, 1.165) is 4.90 Å². The number of hydrogen-bond donors (Lipinski definition) is 2. The summed E-state index contributed by atoms with van der Waals surface area (Å²) in [6, 6.07) is 11.0. The average molecular weight is 312 g/mol. The summed E-state index contributed by atoms with van der Waals surface area (Å²) < 4.78 is 0. The van der Waals surface area contributed by atoms with Crippen molar-refractivity contribution in [2.24, 2.45) is 0 Å². The van der Waals surface area contributed by atoms with Crippen LogP contribution in [0.5, 0.6) is 5.75 Å². The van der Waals surface area contributed by atoms with E-state index in [2.05, 4.69) is 0 Å². The van der Waals surface area contributed by atoms with Crippen LogP contribution >= 0.6 is 0 Å². The molecular formula is C16H12N2O5. The molecule has 1 aliphatic rings. The topological polar surface area (TPSA) is 98.2 Å². The van der Waals surface area contributed by atoms with Gasteiger partial charge in [0.2, 0.25) is 0 Å². The van der Waals surface area contributed by atoms with E-state index in [1.165, 1.54) is 47.4 Å². The van der Waals surface area contributed by atoms with E-state index in [0.29, 0.717) is 5.69 Å². The number of hydrogen-bond acceptors (Lipinski definition) is 4. The molecule has 3 amide bonds. The van der Waals surface area contributed by atoms with Crippen LogP contribution in [0.1, 0.15) is 10.4 Å². The molecular weight excluding hydrogens is 300 g/mol. The Hall–Kier alpha value is -3.35. The highest BCUT2D eigenvalue weighted by molar-refractivity contribution is 6.27. The number of amides is 3. The average Bonchev–Trinajstić information content (AvgIpc) is 2.82. The van der Waals surface area contributed by atoms with Crippen LogP contribution in [0.4, 0.5) is 16.2 Å². The van der Waals surface area contributed by atoms with Crippen molar-refractivity contribution < 1.29 is 24.6 Å². The number of anilines is 2. The SMILES string of the molecule is O=C(O)c1cccc(N2CC(=O)N(c3cccc(O)c3)C2=O)c1. The predicted octanol–water partition coefficient (Wildman–Crippen LogP) is 2.06. The minimum Gasteiger partial charge on any atom is -0.508 e. The fraction of sp³-hybridized carbons (Fsp3) is 0.0625. The first-order valence-corrected chi connectivity index (χ1v) is 6.74. The van der Waals surface area contributed by atoms with E-state index < -0.39 is 17.9 Å². The van der Waals surface area contributed by atoms with E-state index >= 15 is 0 Å². The second-order valence-electron chi connectivity index (χ2n) is 4.97. The number of aromatic carboxylic acids is 1. The van der Waals surface area contributed by atoms with Gasteiger partial charge in [-0.15, -0.1) is 0 Å². The van der Waals surface area contributed by atoms with Gasteiger partial charge < -0.3 is 10.2 Å². The summed E-state index contributed by atoms with van der Waals surface area (Å²) in [6.45, 7) is -0.197. The molecule has 1 fully saturated rings. The number of benzene rings is 2. The number of phenols is 1. The summed E-state index contributed by atoms with van der Waals surface area (Å²) in [6.07, 6.45) is 0. The smallest absolute Gasteiger partial charge is 0.336 e. The maximum Gasteiger partial charge on any atom is 0.336 e. The quantitative estimate of drug-likeness (QED) is 0.845. The summed E-state index contributed by atoms with van der Waals surface area (Å²) in [7, 11) is 0. The van der Waals surface area contributed by atoms with Crippen molar-refractivity contribution in [3.63, 3.8) is 0 Å². The number of aromatic hydroxyl groups is 1. The molecule has 3 rings (SSSR count). The maximum atomic E-state index is 12.5. The molecule has 0 radical (unpaired) electrons. The number of urea groups is 1. The van der Waals surface area contributed by atoms with Gasteiger partial charge in [-0.2, -0.15) is 0 Å². The first-order valence-electron chi connectivity index (χ1n) is 6.74. The summed E-state index contributed by atoms with van der Waals surface area (Å²) in [5.41, 5.74) is 0.612. The van der Waals surface area contributed by atoms with Crippen LogP contribution in [0.25, 0.3) is 0 Å². The Morgan fingerprint density at radius 3 is 2.39 bits per heavy atom. The van der Waals surface area contributed by atoms with Gasteiger partial charge in [0.15, 0.2) is 0 Å². The van der Waals surface area contributed by atoms with Crippen molar-refractivity contribution in [1.29, 1.82) is 0 Å². The van der Waals surface area contributed by atoms with Gasteiger partial charge in [-0.1, -0.05) is 12.1 Å². The predicted molar refractivity (Wildman–Crippen MR) is 81.7 cm³/mol. The summed E-state index contributed by atoms with van der Waals surface area (Å²) in [5, 5.41) is 18.5. The van der Waals surface area contributed by atoms with Gasteiger partial charge in [0.05, 0.1) is 11.3 Å². The lowest BCUT2D eigenvalue weighted by atomic mass is 10.2. The van der Waals surface area contributed by atoms with Crippen molar-refractivity contribution in [3.05, 3.63) is 54.1 Å². The third-order valence-electron chi connectivity index (χ3n) is 3.46. The van der Waals surface area contributed by atoms with Gasteiger partial charge in [-0.25, -0.2) is 14.5 Å². The molecule has 116 valence electrons. The molecule has 1 saturated heterocycles. The van der Waals surface area contributed by atoms with Crippen LogP contribution in [0.2, 0.25) is 0 Å². The molecule has 2 aromatic rings. The second kappa shape index (κ2) is 5.45. The summed E-state index contributed by atoms with van der Waals surface area (Å²) >= 11 is 0. The number of carboxylic acids is 1. The zero-order chi connectivity index (χ0) is 16.6. The van der Waals surface area contributed by atoms with Crippen molar-refractivity contribution in [2.75, 3.05) is 16.3 Å². The molecule has 0 aliphatic carbocycles. The van der Waals surface area contributed by atoms with E-state index in [1.54, 1.807) is 6.07 Å². The molecule has 2 aromatic carbocycles. The van der Waals surface area contributed by atoms with E-state index in [9.17, 15) is 19.5 Å². The third kappa shape index (κ3) is 2.59. The van der Waals surface area contributed by atoms with Gasteiger partial charge in [-0.05, 0) is 30.3 Å². The van der Waals surface area contributed by atoms with Gasteiger partial charge in [0.1, 0.15) is 12.3 Å². The van der Waals surface area contributed by atoms with Crippen molar-refractivity contribution in [2.45, 2.75) is 0 Å². The maximum absolute atomic E-state index is 12.5. The van der Waals surface area contributed by atoms with Crippen LogP contribution in [-0.2, 0) is 4.79 Å². The zero-order valence-corrected chi connectivity index (χ0v) is 11.8. The van der Waals surface area contributed by atoms with E-state index in [-0.39, 0.29) is 23.5 Å². The lowest BCUT2D eigenvalue weighted by molar-refractivity contribution is -0.115. The Morgan fingerprint density at radius 1 is 1.00 bits per heavy atom. The minimum absolute atomic E-state index is 0.0264. The second-order valence-corrected chi connectivity index (χ2v) is 4.97. The molecule has 0 bridgehead atoms. The Balaban J connectivity index is 1.95. The fourth-order valence-corrected chi connectivity index (χ4v) is 2.40. The highest BCUT2D eigenvalue weighted by Crippen LogP contribution is 2.28. The van der Waals surface area contributed by atoms with Gasteiger partial charge in [0, 0.05) is 11.8 Å². The Labute approximate surface area is 131 Å². The third-order valence-corrected chi connectivity index (χ3v) is 3.46. The Kier molecular flexibility index (Phi) is 3.46. The van der Waals surface area contributed by atoms with Crippen LogP contribution in [0.3, 0.4) is 0 Å². The van der Waals surface area contributed by atoms with Crippen LogP contribution in [-0.4, -0.2) is 34.7 Å². The first kappa shape index (κ1) is 14.6. The fourth-order valence-electron chi connectivity index (χ4n) is 2.40. The molecule has 7 heteroatoms. The number of carbonyl (C=O) groups excluding carboxylic acids is 2. The molecule has 7 nitrogen and oxygen atoms in total. The molecule has 0 atom stereocenters. The summed E-state index contributed by atoms with van der Waals surface area (Å²) in [4.78, 5) is 37.8. The highest BCUT2D eigenvalue weighted by Gasteiger charge is 2.38. The molecule has 0 unspecified atom stereocenters. The number of nitrogens with zero attached hydrogens (tertiary/aromatic N) is 2. The van der Waals surface area contributed by atoms with Crippen molar-refractivity contribution >= 4 is 29.3 Å². The van der Waals surface area contributed by atoms with Crippen molar-refractivity contribution in [1.82, 2.24) is 0 Å². The standard InChI is InChI=1S/C16H12N2O5/c19-13-6-2-5-12(8-13)18-14(20)9-17(16(18)23)11-4-1-3-10(7-11)15(21)22/h1-8,19H,9H2,(H,21,22). The van der Waals surface area contributed by atoms with Crippen LogP contribution in [0.15, 0.2) is 48.5 Å². The molecule has 0 saturated carbocycles. The first-order chi connectivity index (χ1) is 11.0. The molecule has 23 heavy (non-hydrogen) atoms. The molecule has 2 N–H and O–H groups in total. The lowest BCUT2D eigenvalue weighted by Crippen LogP contribution is -2.33. The number of rotatable bonds is 3.